The minimum atomic E-state index is 0.0565. The lowest BCUT2D eigenvalue weighted by molar-refractivity contribution is -0.133. The highest BCUT2D eigenvalue weighted by Gasteiger charge is 2.26. The van der Waals surface area contributed by atoms with E-state index in [0.29, 0.717) is 12.4 Å². The Hall–Kier alpha value is -2.31. The van der Waals surface area contributed by atoms with Crippen molar-refractivity contribution in [3.8, 4) is 0 Å². The lowest BCUT2D eigenvalue weighted by Crippen LogP contribution is -2.41. The van der Waals surface area contributed by atoms with Crippen molar-refractivity contribution in [2.45, 2.75) is 32.2 Å². The largest absolute Gasteiger partial charge is 0.384 e. The summed E-state index contributed by atoms with van der Waals surface area (Å²) in [6.07, 6.45) is 5.62. The highest BCUT2D eigenvalue weighted by Crippen LogP contribution is 2.24. The summed E-state index contributed by atoms with van der Waals surface area (Å²) in [5.74, 6) is 1.83. The molecule has 1 fully saturated rings. The van der Waals surface area contributed by atoms with E-state index in [1.54, 1.807) is 16.9 Å². The molecule has 112 valence electrons. The van der Waals surface area contributed by atoms with E-state index >= 15 is 0 Å². The number of aromatic amines is 1. The van der Waals surface area contributed by atoms with Crippen LogP contribution >= 0.6 is 0 Å². The first-order valence-electron chi connectivity index (χ1n) is 7.20. The van der Waals surface area contributed by atoms with Crippen LogP contribution in [0, 0.1) is 6.92 Å². The normalized spacial score (nSPS) is 18.9. The number of imidazole rings is 1. The second-order valence-electron chi connectivity index (χ2n) is 5.52. The number of rotatable bonds is 3. The molecule has 0 radical (unpaired) electrons. The first-order chi connectivity index (χ1) is 10.1. The van der Waals surface area contributed by atoms with E-state index in [0.717, 1.165) is 30.9 Å². The summed E-state index contributed by atoms with van der Waals surface area (Å²) in [5.41, 5.74) is 6.66. The summed E-state index contributed by atoms with van der Waals surface area (Å²) < 4.78 is 1.56. The minimum absolute atomic E-state index is 0.0565. The van der Waals surface area contributed by atoms with Gasteiger partial charge >= 0.3 is 0 Å². The Morgan fingerprint density at radius 2 is 2.43 bits per heavy atom. The average molecular weight is 288 g/mol. The zero-order valence-corrected chi connectivity index (χ0v) is 12.1. The maximum atomic E-state index is 12.4. The molecule has 7 heteroatoms. The van der Waals surface area contributed by atoms with Crippen LogP contribution in [0.1, 0.15) is 30.3 Å². The van der Waals surface area contributed by atoms with Gasteiger partial charge in [-0.3, -0.25) is 4.79 Å². The van der Waals surface area contributed by atoms with E-state index in [2.05, 4.69) is 15.1 Å². The van der Waals surface area contributed by atoms with Crippen molar-refractivity contribution in [1.82, 2.24) is 24.6 Å². The molecule has 0 saturated carbocycles. The standard InChI is InChI=1S/C14H20N6O/c1-10-7-12(15)20(18-10)9-13(21)19-6-2-3-11(8-19)14-16-4-5-17-14/h4-5,7,11H,2-3,6,8-9,15H2,1H3,(H,16,17). The van der Waals surface area contributed by atoms with Gasteiger partial charge in [-0.25, -0.2) is 9.67 Å². The number of likely N-dealkylation sites (tertiary alicyclic amines) is 1. The summed E-state index contributed by atoms with van der Waals surface area (Å²) >= 11 is 0. The van der Waals surface area contributed by atoms with E-state index in [4.69, 9.17) is 5.73 Å². The van der Waals surface area contributed by atoms with Gasteiger partial charge in [0.25, 0.3) is 0 Å². The fourth-order valence-corrected chi connectivity index (χ4v) is 2.85. The van der Waals surface area contributed by atoms with Gasteiger partial charge in [0.1, 0.15) is 18.2 Å². The number of nitrogens with two attached hydrogens (primary N) is 1. The molecule has 1 saturated heterocycles. The molecule has 7 nitrogen and oxygen atoms in total. The van der Waals surface area contributed by atoms with Crippen LogP contribution in [0.5, 0.6) is 0 Å². The fraction of sp³-hybridized carbons (Fsp3) is 0.500. The van der Waals surface area contributed by atoms with Gasteiger partial charge in [-0.05, 0) is 19.8 Å². The molecule has 3 rings (SSSR count). The third-order valence-electron chi connectivity index (χ3n) is 3.90. The van der Waals surface area contributed by atoms with Crippen LogP contribution < -0.4 is 5.73 Å². The summed E-state index contributed by atoms with van der Waals surface area (Å²) in [7, 11) is 0. The molecule has 21 heavy (non-hydrogen) atoms. The van der Waals surface area contributed by atoms with Gasteiger partial charge in [-0.15, -0.1) is 0 Å². The van der Waals surface area contributed by atoms with Crippen LogP contribution in [-0.2, 0) is 11.3 Å². The highest BCUT2D eigenvalue weighted by atomic mass is 16.2. The second kappa shape index (κ2) is 5.59. The Balaban J connectivity index is 1.66. The Bertz CT molecular complexity index is 617. The summed E-state index contributed by atoms with van der Waals surface area (Å²) in [6, 6.07) is 1.77. The lowest BCUT2D eigenvalue weighted by Gasteiger charge is -2.32. The predicted molar refractivity (Wildman–Crippen MR) is 78.5 cm³/mol. The van der Waals surface area contributed by atoms with E-state index in [1.807, 2.05) is 18.0 Å². The van der Waals surface area contributed by atoms with Gasteiger partial charge < -0.3 is 15.6 Å². The molecule has 0 aliphatic carbocycles. The van der Waals surface area contributed by atoms with Crippen LogP contribution in [0.25, 0.3) is 0 Å². The molecule has 3 N–H and O–H groups in total. The molecule has 2 aromatic rings. The van der Waals surface area contributed by atoms with Gasteiger partial charge in [-0.2, -0.15) is 5.10 Å². The van der Waals surface area contributed by atoms with Gasteiger partial charge in [0, 0.05) is 37.5 Å². The van der Waals surface area contributed by atoms with Gasteiger partial charge in [-0.1, -0.05) is 0 Å². The van der Waals surface area contributed by atoms with Crippen LogP contribution in [0.2, 0.25) is 0 Å². The average Bonchev–Trinajstić information content (AvgIpc) is 3.09. The van der Waals surface area contributed by atoms with Gasteiger partial charge in [0.2, 0.25) is 5.91 Å². The molecule has 1 atom stereocenters. The Morgan fingerprint density at radius 3 is 3.10 bits per heavy atom. The number of nitrogens with zero attached hydrogens (tertiary/aromatic N) is 4. The van der Waals surface area contributed by atoms with Crippen molar-refractivity contribution in [2.75, 3.05) is 18.8 Å². The second-order valence-corrected chi connectivity index (χ2v) is 5.52. The predicted octanol–water partition coefficient (Wildman–Crippen LogP) is 0.903. The number of aryl methyl sites for hydroxylation is 1. The van der Waals surface area contributed by atoms with Crippen molar-refractivity contribution in [1.29, 1.82) is 0 Å². The van der Waals surface area contributed by atoms with Gasteiger partial charge in [0.15, 0.2) is 0 Å². The van der Waals surface area contributed by atoms with E-state index in [1.165, 1.54) is 0 Å². The quantitative estimate of drug-likeness (QED) is 0.877. The number of hydrogen-bond donors (Lipinski definition) is 2. The molecule has 0 bridgehead atoms. The number of amides is 1. The number of H-pyrrole nitrogens is 1. The minimum Gasteiger partial charge on any atom is -0.384 e. The molecule has 0 spiro atoms. The van der Waals surface area contributed by atoms with Crippen molar-refractivity contribution < 1.29 is 4.79 Å². The Labute approximate surface area is 123 Å². The van der Waals surface area contributed by atoms with Crippen molar-refractivity contribution in [3.63, 3.8) is 0 Å². The first-order valence-corrected chi connectivity index (χ1v) is 7.20. The third kappa shape index (κ3) is 2.91. The molecule has 1 unspecified atom stereocenters. The van der Waals surface area contributed by atoms with Gasteiger partial charge in [0.05, 0.1) is 5.69 Å². The Kier molecular flexibility index (Phi) is 3.64. The van der Waals surface area contributed by atoms with Crippen LogP contribution in [0.4, 0.5) is 5.82 Å². The molecule has 1 aliphatic rings. The molecule has 1 aliphatic heterocycles. The SMILES string of the molecule is Cc1cc(N)n(CC(=O)N2CCCC(c3ncc[nH]3)C2)n1. The monoisotopic (exact) mass is 288 g/mol. The van der Waals surface area contributed by atoms with Crippen molar-refractivity contribution in [3.05, 3.63) is 30.0 Å². The molecule has 3 heterocycles. The summed E-state index contributed by atoms with van der Waals surface area (Å²) in [5, 5.41) is 4.24. The summed E-state index contributed by atoms with van der Waals surface area (Å²) in [6.45, 7) is 3.55. The first kappa shape index (κ1) is 13.7. The summed E-state index contributed by atoms with van der Waals surface area (Å²) in [4.78, 5) is 21.8. The maximum absolute atomic E-state index is 12.4. The highest BCUT2D eigenvalue weighted by molar-refractivity contribution is 5.76. The number of anilines is 1. The number of carbonyl (C=O) groups is 1. The lowest BCUT2D eigenvalue weighted by atomic mass is 9.97. The number of aromatic nitrogens is 4. The molecule has 0 aromatic carbocycles. The zero-order valence-electron chi connectivity index (χ0n) is 12.1. The Morgan fingerprint density at radius 1 is 1.57 bits per heavy atom. The number of piperidine rings is 1. The molecule has 2 aromatic heterocycles. The molecule has 1 amide bonds. The fourth-order valence-electron chi connectivity index (χ4n) is 2.85. The third-order valence-corrected chi connectivity index (χ3v) is 3.90. The number of nitrogens with one attached hydrogen (secondary N) is 1. The van der Waals surface area contributed by atoms with E-state index in [-0.39, 0.29) is 18.4 Å². The number of nitrogen functional groups attached to an aromatic ring is 1. The van der Waals surface area contributed by atoms with Crippen molar-refractivity contribution in [2.24, 2.45) is 0 Å². The maximum Gasteiger partial charge on any atom is 0.244 e. The van der Waals surface area contributed by atoms with E-state index < -0.39 is 0 Å². The molecular weight excluding hydrogens is 268 g/mol. The molecular formula is C14H20N6O. The zero-order chi connectivity index (χ0) is 14.8. The topological polar surface area (TPSA) is 92.8 Å². The van der Waals surface area contributed by atoms with Crippen molar-refractivity contribution >= 4 is 11.7 Å². The number of carbonyl (C=O) groups excluding carboxylic acids is 1. The number of hydrogen-bond acceptors (Lipinski definition) is 4. The smallest absolute Gasteiger partial charge is 0.244 e. The van der Waals surface area contributed by atoms with Crippen LogP contribution in [0.3, 0.4) is 0 Å². The van der Waals surface area contributed by atoms with Crippen LogP contribution in [-0.4, -0.2) is 43.6 Å². The van der Waals surface area contributed by atoms with Crippen LogP contribution in [0.15, 0.2) is 18.5 Å². The van der Waals surface area contributed by atoms with E-state index in [9.17, 15) is 4.79 Å².